The second-order valence-electron chi connectivity index (χ2n) is 7.70. The quantitative estimate of drug-likeness (QED) is 0.787. The lowest BCUT2D eigenvalue weighted by atomic mass is 9.87. The first-order valence-electron chi connectivity index (χ1n) is 9.07. The molecular weight excluding hydrogens is 364 g/mol. The third-order valence-corrected chi connectivity index (χ3v) is 5.84. The van der Waals surface area contributed by atoms with E-state index >= 15 is 0 Å². The molecule has 1 aliphatic heterocycles. The fourth-order valence-corrected chi connectivity index (χ4v) is 3.83. The molecule has 3 rings (SSSR count). The summed E-state index contributed by atoms with van der Waals surface area (Å²) in [7, 11) is -3.71. The zero-order chi connectivity index (χ0) is 19.5. The lowest BCUT2D eigenvalue weighted by molar-refractivity contribution is 0.120. The minimum atomic E-state index is -3.71. The molecule has 0 amide bonds. The molecule has 1 unspecified atom stereocenters. The zero-order valence-corrected chi connectivity index (χ0v) is 16.7. The first-order valence-corrected chi connectivity index (χ1v) is 10.5. The highest BCUT2D eigenvalue weighted by atomic mass is 32.2. The van der Waals surface area contributed by atoms with E-state index in [1.54, 1.807) is 24.3 Å². The second-order valence-corrected chi connectivity index (χ2v) is 9.38. The smallest absolute Gasteiger partial charge is 0.263 e. The van der Waals surface area contributed by atoms with Gasteiger partial charge in [-0.1, -0.05) is 32.9 Å². The number of hydrogen-bond donors (Lipinski definition) is 2. The topological polar surface area (TPSA) is 93.2 Å². The molecular formula is C19H26N4O3S. The lowest BCUT2D eigenvalue weighted by Gasteiger charge is -2.19. The largest absolute Gasteiger partial charge is 0.376 e. The van der Waals surface area contributed by atoms with Crippen molar-refractivity contribution < 1.29 is 13.2 Å². The van der Waals surface area contributed by atoms with E-state index in [4.69, 9.17) is 4.74 Å². The van der Waals surface area contributed by atoms with Crippen LogP contribution in [0.2, 0.25) is 0 Å². The van der Waals surface area contributed by atoms with Gasteiger partial charge in [0.2, 0.25) is 0 Å². The summed E-state index contributed by atoms with van der Waals surface area (Å²) in [6.07, 6.45) is 2.31. The number of sulfonamides is 1. The Morgan fingerprint density at radius 1 is 1.07 bits per heavy atom. The average molecular weight is 391 g/mol. The number of aromatic nitrogens is 2. The van der Waals surface area contributed by atoms with Crippen molar-refractivity contribution >= 4 is 21.7 Å². The van der Waals surface area contributed by atoms with Gasteiger partial charge in [0.1, 0.15) is 5.82 Å². The van der Waals surface area contributed by atoms with Gasteiger partial charge >= 0.3 is 0 Å². The molecule has 1 saturated heterocycles. The summed E-state index contributed by atoms with van der Waals surface area (Å²) in [5.41, 5.74) is 1.04. The van der Waals surface area contributed by atoms with Crippen LogP contribution in [0.1, 0.15) is 39.2 Å². The van der Waals surface area contributed by atoms with Crippen LogP contribution >= 0.6 is 0 Å². The molecule has 1 aliphatic rings. The molecule has 1 atom stereocenters. The Morgan fingerprint density at radius 3 is 2.30 bits per heavy atom. The monoisotopic (exact) mass is 390 g/mol. The number of hydrogen-bond acceptors (Lipinski definition) is 6. The van der Waals surface area contributed by atoms with Crippen molar-refractivity contribution in [2.45, 2.75) is 50.0 Å². The maximum absolute atomic E-state index is 12.5. The number of nitrogens with zero attached hydrogens (tertiary/aromatic N) is 2. The summed E-state index contributed by atoms with van der Waals surface area (Å²) in [4.78, 5) is 0.192. The van der Waals surface area contributed by atoms with Crippen molar-refractivity contribution in [1.82, 2.24) is 10.2 Å². The van der Waals surface area contributed by atoms with E-state index in [1.165, 1.54) is 0 Å². The summed E-state index contributed by atoms with van der Waals surface area (Å²) in [5.74, 6) is 0.764. The predicted octanol–water partition coefficient (Wildman–Crippen LogP) is 3.17. The molecule has 1 fully saturated rings. The molecule has 0 spiro atoms. The number of nitrogens with one attached hydrogen (secondary N) is 2. The summed E-state index contributed by atoms with van der Waals surface area (Å²) < 4.78 is 33.1. The number of benzene rings is 1. The van der Waals surface area contributed by atoms with Crippen LogP contribution in [0.15, 0.2) is 41.3 Å². The Bertz CT molecular complexity index is 853. The van der Waals surface area contributed by atoms with Crippen LogP contribution in [-0.2, 0) is 20.2 Å². The maximum Gasteiger partial charge on any atom is 0.263 e. The van der Waals surface area contributed by atoms with Crippen LogP contribution in [0.5, 0.6) is 0 Å². The maximum atomic E-state index is 12.5. The van der Waals surface area contributed by atoms with Crippen molar-refractivity contribution in [3.05, 3.63) is 42.0 Å². The van der Waals surface area contributed by atoms with Gasteiger partial charge in [-0.2, -0.15) is 0 Å². The molecule has 0 bridgehead atoms. The second kappa shape index (κ2) is 7.82. The highest BCUT2D eigenvalue weighted by Gasteiger charge is 2.19. The van der Waals surface area contributed by atoms with Crippen LogP contribution in [0.25, 0.3) is 0 Å². The van der Waals surface area contributed by atoms with Gasteiger partial charge in [0.05, 0.1) is 11.0 Å². The minimum Gasteiger partial charge on any atom is -0.376 e. The van der Waals surface area contributed by atoms with Crippen molar-refractivity contribution in [2.24, 2.45) is 0 Å². The summed E-state index contributed by atoms with van der Waals surface area (Å²) in [6.45, 7) is 7.71. The summed E-state index contributed by atoms with van der Waals surface area (Å²) in [5, 5.41) is 11.1. The van der Waals surface area contributed by atoms with Gasteiger partial charge in [-0.25, -0.2) is 8.42 Å². The van der Waals surface area contributed by atoms with Crippen LogP contribution in [0.4, 0.5) is 11.6 Å². The van der Waals surface area contributed by atoms with Gasteiger partial charge in [-0.15, -0.1) is 10.2 Å². The van der Waals surface area contributed by atoms with Crippen molar-refractivity contribution in [3.63, 3.8) is 0 Å². The van der Waals surface area contributed by atoms with E-state index < -0.39 is 10.0 Å². The van der Waals surface area contributed by atoms with Crippen molar-refractivity contribution in [1.29, 1.82) is 0 Å². The van der Waals surface area contributed by atoms with Gasteiger partial charge in [0, 0.05) is 13.2 Å². The predicted molar refractivity (Wildman–Crippen MR) is 105 cm³/mol. The number of anilines is 2. The van der Waals surface area contributed by atoms with Crippen LogP contribution in [0.3, 0.4) is 0 Å². The Labute approximate surface area is 160 Å². The normalized spacial score (nSPS) is 17.7. The van der Waals surface area contributed by atoms with Crippen LogP contribution < -0.4 is 10.0 Å². The third-order valence-electron chi connectivity index (χ3n) is 4.47. The number of ether oxygens (including phenoxy) is 1. The molecule has 1 aromatic carbocycles. The molecule has 27 heavy (non-hydrogen) atoms. The minimum absolute atomic E-state index is 0.0342. The molecule has 1 aromatic heterocycles. The van der Waals surface area contributed by atoms with Gasteiger partial charge in [0.15, 0.2) is 5.82 Å². The lowest BCUT2D eigenvalue weighted by Crippen LogP contribution is -2.19. The van der Waals surface area contributed by atoms with E-state index in [2.05, 4.69) is 41.0 Å². The molecule has 2 heterocycles. The summed E-state index contributed by atoms with van der Waals surface area (Å²) >= 11 is 0. The average Bonchev–Trinajstić information content (AvgIpc) is 3.14. The molecule has 0 saturated carbocycles. The van der Waals surface area contributed by atoms with E-state index in [0.29, 0.717) is 12.4 Å². The van der Waals surface area contributed by atoms with Gasteiger partial charge in [0.25, 0.3) is 10.0 Å². The van der Waals surface area contributed by atoms with E-state index in [9.17, 15) is 8.42 Å². The van der Waals surface area contributed by atoms with Crippen LogP contribution in [0, 0.1) is 0 Å². The van der Waals surface area contributed by atoms with E-state index in [1.807, 2.05) is 12.1 Å². The zero-order valence-electron chi connectivity index (χ0n) is 15.9. The van der Waals surface area contributed by atoms with Gasteiger partial charge in [-0.3, -0.25) is 4.72 Å². The van der Waals surface area contributed by atoms with E-state index in [0.717, 1.165) is 25.0 Å². The van der Waals surface area contributed by atoms with Gasteiger partial charge in [-0.05, 0) is 48.1 Å². The molecule has 2 N–H and O–H groups in total. The molecule has 2 aromatic rings. The fraction of sp³-hybridized carbons (Fsp3) is 0.474. The van der Waals surface area contributed by atoms with Crippen molar-refractivity contribution in [2.75, 3.05) is 23.2 Å². The number of rotatable bonds is 6. The Morgan fingerprint density at radius 2 is 1.74 bits per heavy atom. The molecule has 7 nitrogen and oxygen atoms in total. The molecule has 8 heteroatoms. The Kier molecular flexibility index (Phi) is 5.67. The standard InChI is InChI=1S/C19H26N4O3S/c1-19(2,3)14-6-8-16(9-7-14)27(24,25)23-18-11-10-17(21-22-18)20-13-15-5-4-12-26-15/h6-11,15H,4-5,12-13H2,1-3H3,(H,20,21)(H,22,23). The summed E-state index contributed by atoms with van der Waals surface area (Å²) in [6, 6.07) is 10.2. The fourth-order valence-electron chi connectivity index (χ4n) is 2.84. The highest BCUT2D eigenvalue weighted by Crippen LogP contribution is 2.24. The van der Waals surface area contributed by atoms with Crippen molar-refractivity contribution in [3.8, 4) is 0 Å². The highest BCUT2D eigenvalue weighted by molar-refractivity contribution is 7.92. The first kappa shape index (κ1) is 19.6. The Hall–Kier alpha value is -2.19. The molecule has 146 valence electrons. The molecule has 0 aliphatic carbocycles. The van der Waals surface area contributed by atoms with Crippen LogP contribution in [-0.4, -0.2) is 37.9 Å². The molecule has 0 radical (unpaired) electrons. The Balaban J connectivity index is 1.63. The first-order chi connectivity index (χ1) is 12.7. The third kappa shape index (κ3) is 5.17. The van der Waals surface area contributed by atoms with Gasteiger partial charge < -0.3 is 10.1 Å². The van der Waals surface area contributed by atoms with E-state index in [-0.39, 0.29) is 22.2 Å². The SMILES string of the molecule is CC(C)(C)c1ccc(S(=O)(=O)Nc2ccc(NCC3CCCO3)nn2)cc1.